The van der Waals surface area contributed by atoms with Gasteiger partial charge in [0.05, 0.1) is 6.54 Å². The molecular formula is C16H16N4O2S2. The number of hydrogen-bond acceptors (Lipinski definition) is 5. The monoisotopic (exact) mass is 360 g/mol. The molecule has 0 spiro atoms. The van der Waals surface area contributed by atoms with E-state index in [0.717, 1.165) is 9.75 Å². The van der Waals surface area contributed by atoms with Gasteiger partial charge in [0.2, 0.25) is 0 Å². The molecular weight excluding hydrogens is 344 g/mol. The molecule has 6 nitrogen and oxygen atoms in total. The van der Waals surface area contributed by atoms with Crippen molar-refractivity contribution < 1.29 is 9.59 Å². The molecule has 0 aliphatic carbocycles. The minimum atomic E-state index is -0.639. The summed E-state index contributed by atoms with van der Waals surface area (Å²) in [6, 6.07) is 9.45. The number of carbonyl (C=O) groups excluding carboxylic acids is 2. The van der Waals surface area contributed by atoms with Gasteiger partial charge in [-0.2, -0.15) is 5.10 Å². The number of hydrogen-bond donors (Lipinski definition) is 2. The lowest BCUT2D eigenvalue weighted by molar-refractivity contribution is -0.139. The van der Waals surface area contributed by atoms with Gasteiger partial charge in [0.1, 0.15) is 6.04 Å². The van der Waals surface area contributed by atoms with E-state index in [1.165, 1.54) is 11.3 Å². The Morgan fingerprint density at radius 3 is 2.54 bits per heavy atom. The summed E-state index contributed by atoms with van der Waals surface area (Å²) in [4.78, 5) is 26.0. The van der Waals surface area contributed by atoms with Crippen molar-refractivity contribution in [3.63, 3.8) is 0 Å². The van der Waals surface area contributed by atoms with Gasteiger partial charge in [0.15, 0.2) is 0 Å². The number of amides is 2. The van der Waals surface area contributed by atoms with E-state index in [9.17, 15) is 9.59 Å². The Bertz CT molecular complexity index is 733. The van der Waals surface area contributed by atoms with Crippen LogP contribution < -0.4 is 10.6 Å². The molecule has 0 saturated carbocycles. The number of nitrogens with zero attached hydrogens (tertiary/aromatic N) is 2. The first-order valence-electron chi connectivity index (χ1n) is 7.35. The first-order valence-corrected chi connectivity index (χ1v) is 9.11. The number of carbonyl (C=O) groups is 2. The average Bonchev–Trinajstić information content (AvgIpc) is 3.35. The maximum Gasteiger partial charge on any atom is 0.309 e. The largest absolute Gasteiger partial charge is 0.345 e. The van der Waals surface area contributed by atoms with Gasteiger partial charge in [-0.15, -0.1) is 22.7 Å². The molecule has 3 heterocycles. The minimum absolute atomic E-state index is 0.131. The summed E-state index contributed by atoms with van der Waals surface area (Å²) in [5.74, 6) is -1.27. The third kappa shape index (κ3) is 4.09. The normalized spacial score (nSPS) is 11.8. The highest BCUT2D eigenvalue weighted by Crippen LogP contribution is 2.21. The molecule has 0 aliphatic heterocycles. The molecule has 0 fully saturated rings. The zero-order valence-electron chi connectivity index (χ0n) is 12.7. The molecule has 0 bridgehead atoms. The topological polar surface area (TPSA) is 76.0 Å². The van der Waals surface area contributed by atoms with E-state index < -0.39 is 11.8 Å². The fourth-order valence-corrected chi connectivity index (χ4v) is 3.67. The lowest BCUT2D eigenvalue weighted by Crippen LogP contribution is -2.41. The van der Waals surface area contributed by atoms with E-state index in [1.54, 1.807) is 22.2 Å². The zero-order chi connectivity index (χ0) is 16.8. The lowest BCUT2D eigenvalue weighted by atomic mass is 10.2. The Balaban J connectivity index is 1.56. The van der Waals surface area contributed by atoms with Gasteiger partial charge in [-0.3, -0.25) is 14.3 Å². The predicted molar refractivity (Wildman–Crippen MR) is 93.9 cm³/mol. The van der Waals surface area contributed by atoms with E-state index in [2.05, 4.69) is 15.7 Å². The van der Waals surface area contributed by atoms with E-state index in [4.69, 9.17) is 0 Å². The summed E-state index contributed by atoms with van der Waals surface area (Å²) in [6.45, 7) is 0.658. The SMILES string of the molecule is O=C(NCc1cccs1)C(=O)NCC(c1cccs1)n1cccn1. The molecule has 0 radical (unpaired) electrons. The Hall–Kier alpha value is -2.45. The quantitative estimate of drug-likeness (QED) is 0.661. The van der Waals surface area contributed by atoms with Crippen LogP contribution in [-0.2, 0) is 16.1 Å². The molecule has 3 rings (SSSR count). The van der Waals surface area contributed by atoms with Crippen LogP contribution in [0.2, 0.25) is 0 Å². The maximum absolute atomic E-state index is 12.0. The van der Waals surface area contributed by atoms with Crippen LogP contribution in [0.3, 0.4) is 0 Å². The van der Waals surface area contributed by atoms with Crippen LogP contribution in [0.25, 0.3) is 0 Å². The van der Waals surface area contributed by atoms with Gasteiger partial charge >= 0.3 is 11.8 Å². The van der Waals surface area contributed by atoms with Gasteiger partial charge in [-0.05, 0) is 29.0 Å². The first kappa shape index (κ1) is 16.4. The van der Waals surface area contributed by atoms with Gasteiger partial charge in [0.25, 0.3) is 0 Å². The van der Waals surface area contributed by atoms with Crippen LogP contribution in [0.1, 0.15) is 15.8 Å². The number of rotatable bonds is 6. The van der Waals surface area contributed by atoms with Crippen molar-refractivity contribution in [2.24, 2.45) is 0 Å². The summed E-state index contributed by atoms with van der Waals surface area (Å²) in [7, 11) is 0. The molecule has 1 unspecified atom stereocenters. The van der Waals surface area contributed by atoms with Crippen LogP contribution in [0.4, 0.5) is 0 Å². The van der Waals surface area contributed by atoms with Crippen molar-refractivity contribution in [1.29, 1.82) is 0 Å². The molecule has 0 aliphatic rings. The molecule has 2 N–H and O–H groups in total. The van der Waals surface area contributed by atoms with Gasteiger partial charge < -0.3 is 10.6 Å². The molecule has 0 saturated heterocycles. The van der Waals surface area contributed by atoms with E-state index in [-0.39, 0.29) is 6.04 Å². The summed E-state index contributed by atoms with van der Waals surface area (Å²) >= 11 is 3.12. The Morgan fingerprint density at radius 2 is 1.88 bits per heavy atom. The van der Waals surface area contributed by atoms with Crippen molar-refractivity contribution >= 4 is 34.5 Å². The van der Waals surface area contributed by atoms with Crippen molar-refractivity contribution in [3.8, 4) is 0 Å². The maximum atomic E-state index is 12.0. The van der Waals surface area contributed by atoms with Crippen molar-refractivity contribution in [2.75, 3.05) is 6.54 Å². The van der Waals surface area contributed by atoms with E-state index >= 15 is 0 Å². The predicted octanol–water partition coefficient (Wildman–Crippen LogP) is 2.03. The van der Waals surface area contributed by atoms with E-state index in [1.807, 2.05) is 47.3 Å². The van der Waals surface area contributed by atoms with Crippen LogP contribution in [0.15, 0.2) is 53.5 Å². The Kier molecular flexibility index (Phi) is 5.39. The third-order valence-corrected chi connectivity index (χ3v) is 5.23. The minimum Gasteiger partial charge on any atom is -0.345 e. The standard InChI is InChI=1S/C16H16N4O2S2/c21-15(17-10-12-4-1-8-23-12)16(22)18-11-13(14-5-2-9-24-14)20-7-3-6-19-20/h1-9,13H,10-11H2,(H,17,21)(H,18,22). The zero-order valence-corrected chi connectivity index (χ0v) is 14.3. The smallest absolute Gasteiger partial charge is 0.309 e. The van der Waals surface area contributed by atoms with Crippen LogP contribution in [-0.4, -0.2) is 28.1 Å². The summed E-state index contributed by atoms with van der Waals surface area (Å²) in [5.41, 5.74) is 0. The second kappa shape index (κ2) is 7.89. The highest BCUT2D eigenvalue weighted by molar-refractivity contribution is 7.10. The third-order valence-electron chi connectivity index (χ3n) is 3.38. The van der Waals surface area contributed by atoms with Crippen molar-refractivity contribution in [3.05, 3.63) is 63.2 Å². The van der Waals surface area contributed by atoms with Crippen LogP contribution in [0.5, 0.6) is 0 Å². The van der Waals surface area contributed by atoms with Crippen molar-refractivity contribution in [2.45, 2.75) is 12.6 Å². The molecule has 3 aromatic heterocycles. The summed E-state index contributed by atoms with van der Waals surface area (Å²) in [6.07, 6.45) is 3.53. The highest BCUT2D eigenvalue weighted by atomic mass is 32.1. The molecule has 3 aromatic rings. The van der Waals surface area contributed by atoms with Crippen LogP contribution in [0, 0.1) is 0 Å². The molecule has 8 heteroatoms. The Labute approximate surface area is 147 Å². The molecule has 0 aromatic carbocycles. The fourth-order valence-electron chi connectivity index (χ4n) is 2.20. The number of thiophene rings is 2. The van der Waals surface area contributed by atoms with Gasteiger partial charge in [-0.1, -0.05) is 12.1 Å². The van der Waals surface area contributed by atoms with Crippen LogP contribution >= 0.6 is 22.7 Å². The molecule has 124 valence electrons. The average molecular weight is 360 g/mol. The molecule has 24 heavy (non-hydrogen) atoms. The fraction of sp³-hybridized carbons (Fsp3) is 0.188. The van der Waals surface area contributed by atoms with Crippen molar-refractivity contribution in [1.82, 2.24) is 20.4 Å². The highest BCUT2D eigenvalue weighted by Gasteiger charge is 2.19. The summed E-state index contributed by atoms with van der Waals surface area (Å²) < 4.78 is 1.77. The lowest BCUT2D eigenvalue weighted by Gasteiger charge is -2.16. The number of nitrogens with one attached hydrogen (secondary N) is 2. The Morgan fingerprint density at radius 1 is 1.08 bits per heavy atom. The summed E-state index contributed by atoms with van der Waals surface area (Å²) in [5, 5.41) is 13.4. The number of aromatic nitrogens is 2. The van der Waals surface area contributed by atoms with Gasteiger partial charge in [0, 0.05) is 28.7 Å². The second-order valence-electron chi connectivity index (χ2n) is 4.99. The second-order valence-corrected chi connectivity index (χ2v) is 7.00. The molecule has 1 atom stereocenters. The first-order chi connectivity index (χ1) is 11.7. The van der Waals surface area contributed by atoms with Gasteiger partial charge in [-0.25, -0.2) is 0 Å². The van der Waals surface area contributed by atoms with E-state index in [0.29, 0.717) is 13.1 Å². The molecule has 2 amide bonds.